The number of pyridine rings is 1. The number of hydrogen-bond acceptors (Lipinski definition) is 21. The fourth-order valence-electron chi connectivity index (χ4n) is 7.21. The number of aromatic amines is 1. The fraction of sp³-hybridized carbons (Fsp3) is 0.324. The Labute approximate surface area is 391 Å². The number of nitrogens with zero attached hydrogens (tertiary/aromatic N) is 10. The van der Waals surface area contributed by atoms with Gasteiger partial charge in [0.05, 0.1) is 11.3 Å². The molecule has 7 N–H and O–H groups in total. The molecule has 6 aromatic rings. The van der Waals surface area contributed by atoms with Crippen LogP contribution in [0.4, 0.5) is 31.4 Å². The van der Waals surface area contributed by atoms with Gasteiger partial charge in [0.2, 0.25) is 0 Å². The molecule has 0 atom stereocenters. The molecular formula is C37H37N15O12S4. The average Bonchev–Trinajstić information content (AvgIpc) is 4.15. The molecule has 8 rings (SSSR count). The molecule has 2 fully saturated rings. The second-order valence-electron chi connectivity index (χ2n) is 15.0. The van der Waals surface area contributed by atoms with Crippen LogP contribution < -0.4 is 21.3 Å². The molecule has 0 unspecified atom stereocenters. The van der Waals surface area contributed by atoms with Gasteiger partial charge < -0.3 is 15.5 Å². The van der Waals surface area contributed by atoms with E-state index in [2.05, 4.69) is 72.4 Å². The number of aryl methyl sites for hydroxylation is 2. The maximum absolute atomic E-state index is 13.0. The van der Waals surface area contributed by atoms with Crippen molar-refractivity contribution < 1.29 is 55.8 Å². The van der Waals surface area contributed by atoms with E-state index in [1.807, 2.05) is 6.92 Å². The topological polar surface area (TPSA) is 396 Å². The lowest BCUT2D eigenvalue weighted by atomic mass is 9.94. The normalized spacial score (nSPS) is 14.1. The van der Waals surface area contributed by atoms with Crippen LogP contribution >= 0.6 is 22.7 Å². The van der Waals surface area contributed by atoms with Gasteiger partial charge in [0.25, 0.3) is 30.0 Å². The summed E-state index contributed by atoms with van der Waals surface area (Å²) in [5.74, 6) is -3.59. The maximum Gasteiger partial charge on any atom is 0.356 e. The van der Waals surface area contributed by atoms with Crippen LogP contribution in [0.3, 0.4) is 0 Å². The van der Waals surface area contributed by atoms with Gasteiger partial charge in [-0.3, -0.25) is 25.5 Å². The van der Waals surface area contributed by atoms with E-state index >= 15 is 0 Å². The number of carboxylic acid groups (broad SMARTS) is 2. The first-order chi connectivity index (χ1) is 32.3. The molecule has 0 radical (unpaired) electrons. The molecule has 1 aromatic carbocycles. The summed E-state index contributed by atoms with van der Waals surface area (Å²) in [6.45, 7) is 1.84. The number of benzene rings is 1. The second kappa shape index (κ2) is 20.2. The number of amides is 4. The van der Waals surface area contributed by atoms with E-state index in [1.165, 1.54) is 13.2 Å². The monoisotopic (exact) mass is 1010 g/mol. The van der Waals surface area contributed by atoms with Gasteiger partial charge in [-0.2, -0.15) is 0 Å². The molecule has 356 valence electrons. The van der Waals surface area contributed by atoms with E-state index in [0.717, 1.165) is 61.6 Å². The number of carbonyl (C=O) groups excluding carboxylic acids is 4. The quantitative estimate of drug-likeness (QED) is 0.0754. The van der Waals surface area contributed by atoms with E-state index in [1.54, 1.807) is 30.3 Å². The molecule has 31 heteroatoms. The summed E-state index contributed by atoms with van der Waals surface area (Å²) in [6, 6.07) is 6.50. The number of rotatable bonds is 14. The fourth-order valence-corrected chi connectivity index (χ4v) is 12.3. The Morgan fingerprint density at radius 2 is 1.28 bits per heavy atom. The Hall–Kier alpha value is -7.51. The standard InChI is InChI=1S/C19H19N7O6S2.C18H18N8O6S2/c1-9-6-7-12(11(8-9)14(27)10-4-2-3-5-10)20-17(30)22-18-21-13(15(28)29)16(33-18)34(31,32)19-23-25-26-24-19;1-26-18(23-24-25-26)34(31,32)15-11(14(28)29)20-17(33-15)22-16(30)21-13-10(7-4-8-19-13)12(27)9-5-2-3-6-9/h6-8,10H,2-5H2,1H3,(H,28,29)(H2,20,21,22,30)(H,23,24,25,26);4,7-9H,2-3,5-6H2,1H3,(H,28,29)(H2,19,20,21,22,30). The number of H-pyrrole nitrogens is 1. The molecule has 5 heterocycles. The highest BCUT2D eigenvalue weighted by molar-refractivity contribution is 7.93. The first-order valence-electron chi connectivity index (χ1n) is 20.1. The first kappa shape index (κ1) is 48.4. The molecule has 0 saturated heterocycles. The number of aromatic carboxylic acids is 2. The van der Waals surface area contributed by atoms with Crippen molar-refractivity contribution in [3.8, 4) is 0 Å². The van der Waals surface area contributed by atoms with Crippen LogP contribution in [0.25, 0.3) is 0 Å². The third kappa shape index (κ3) is 10.5. The van der Waals surface area contributed by atoms with Gasteiger partial charge in [0, 0.05) is 30.6 Å². The number of tetrazole rings is 2. The molecule has 0 aliphatic heterocycles. The molecule has 2 aliphatic carbocycles. The summed E-state index contributed by atoms with van der Waals surface area (Å²) in [4.78, 5) is 85.6. The van der Waals surface area contributed by atoms with Crippen LogP contribution in [0.2, 0.25) is 0 Å². The van der Waals surface area contributed by atoms with E-state index in [4.69, 9.17) is 0 Å². The number of anilines is 4. The molecule has 0 bridgehead atoms. The van der Waals surface area contributed by atoms with Crippen molar-refractivity contribution in [3.63, 3.8) is 0 Å². The number of ketones is 2. The lowest BCUT2D eigenvalue weighted by Crippen LogP contribution is -2.23. The number of hydrogen-bond donors (Lipinski definition) is 7. The van der Waals surface area contributed by atoms with Gasteiger partial charge in [-0.15, -0.1) is 0 Å². The highest BCUT2D eigenvalue weighted by Crippen LogP contribution is 2.35. The van der Waals surface area contributed by atoms with Crippen LogP contribution in [0, 0.1) is 18.8 Å². The van der Waals surface area contributed by atoms with Crippen molar-refractivity contribution in [1.82, 2.24) is 55.8 Å². The zero-order valence-electron chi connectivity index (χ0n) is 35.4. The van der Waals surface area contributed by atoms with Gasteiger partial charge in [-0.25, -0.2) is 60.7 Å². The number of thiazole rings is 2. The molecule has 0 spiro atoms. The summed E-state index contributed by atoms with van der Waals surface area (Å²) in [5.41, 5.74) is 0.203. The summed E-state index contributed by atoms with van der Waals surface area (Å²) in [6.07, 6.45) is 8.45. The van der Waals surface area contributed by atoms with Crippen LogP contribution in [0.1, 0.15) is 98.6 Å². The Morgan fingerprint density at radius 3 is 1.81 bits per heavy atom. The third-order valence-corrected chi connectivity index (χ3v) is 16.6. The van der Waals surface area contributed by atoms with Crippen LogP contribution in [-0.4, -0.2) is 118 Å². The summed E-state index contributed by atoms with van der Waals surface area (Å²) < 4.78 is 50.6. The van der Waals surface area contributed by atoms with Gasteiger partial charge in [0.1, 0.15) is 5.82 Å². The van der Waals surface area contributed by atoms with Crippen LogP contribution in [0.5, 0.6) is 0 Å². The molecular weight excluding hydrogens is 975 g/mol. The summed E-state index contributed by atoms with van der Waals surface area (Å²) in [5, 5.41) is 48.4. The number of carboxylic acids is 2. The van der Waals surface area contributed by atoms with Gasteiger partial charge in [-0.1, -0.05) is 70.2 Å². The zero-order valence-corrected chi connectivity index (χ0v) is 38.6. The number of sulfone groups is 2. The van der Waals surface area contributed by atoms with Crippen LogP contribution in [-0.2, 0) is 26.7 Å². The zero-order chi connectivity index (χ0) is 48.9. The number of aromatic nitrogens is 11. The molecule has 2 saturated carbocycles. The smallest absolute Gasteiger partial charge is 0.356 e. The minimum absolute atomic E-state index is 0.0323. The minimum Gasteiger partial charge on any atom is -0.476 e. The highest BCUT2D eigenvalue weighted by atomic mass is 32.2. The lowest BCUT2D eigenvalue weighted by molar-refractivity contribution is 0.0677. The number of urea groups is 2. The van der Waals surface area contributed by atoms with Crippen LogP contribution in [0.15, 0.2) is 55.3 Å². The predicted octanol–water partition coefficient (Wildman–Crippen LogP) is 4.12. The molecule has 4 amide bonds. The van der Waals surface area contributed by atoms with Gasteiger partial charge in [0.15, 0.2) is 41.6 Å². The third-order valence-electron chi connectivity index (χ3n) is 10.4. The van der Waals surface area contributed by atoms with Crippen molar-refractivity contribution in [2.75, 3.05) is 21.3 Å². The van der Waals surface area contributed by atoms with Gasteiger partial charge >= 0.3 is 24.0 Å². The van der Waals surface area contributed by atoms with Gasteiger partial charge in [-0.05, 0) is 77.7 Å². The van der Waals surface area contributed by atoms with E-state index in [0.29, 0.717) is 28.2 Å². The molecule has 27 nitrogen and oxygen atoms in total. The van der Waals surface area contributed by atoms with Crippen molar-refractivity contribution in [3.05, 3.63) is 64.6 Å². The largest absolute Gasteiger partial charge is 0.476 e. The van der Waals surface area contributed by atoms with E-state index in [9.17, 15) is 55.8 Å². The average molecular weight is 1010 g/mol. The maximum atomic E-state index is 13.0. The Morgan fingerprint density at radius 1 is 0.721 bits per heavy atom. The SMILES string of the molecule is Cc1ccc(NC(=O)Nc2nc(C(=O)O)c(S(=O)(=O)c3nnn[nH]3)s2)c(C(=O)C2CCCC2)c1.Cn1nnnc1S(=O)(=O)c1sc(NC(=O)Nc2ncccc2C(=O)C2CCCC2)nc1C(=O)O. The van der Waals surface area contributed by atoms with Crippen molar-refractivity contribution in [2.45, 2.75) is 77.0 Å². The molecule has 68 heavy (non-hydrogen) atoms. The number of carbonyl (C=O) groups is 6. The first-order valence-corrected chi connectivity index (χ1v) is 24.7. The summed E-state index contributed by atoms with van der Waals surface area (Å²) >= 11 is 0.854. The molecule has 5 aromatic heterocycles. The van der Waals surface area contributed by atoms with E-state index in [-0.39, 0.29) is 50.7 Å². The highest BCUT2D eigenvalue weighted by Gasteiger charge is 2.35. The summed E-state index contributed by atoms with van der Waals surface area (Å²) in [7, 11) is -7.56. The number of nitrogens with one attached hydrogen (secondary N) is 5. The van der Waals surface area contributed by atoms with Crippen molar-refractivity contribution >= 4 is 99.7 Å². The number of Topliss-reactive ketones (excluding diaryl/α,β-unsaturated/α-hetero) is 2. The van der Waals surface area contributed by atoms with Crippen molar-refractivity contribution in [1.29, 1.82) is 0 Å². The van der Waals surface area contributed by atoms with E-state index < -0.39 is 73.8 Å². The Bertz CT molecular complexity index is 3160. The lowest BCUT2D eigenvalue weighted by Gasteiger charge is -2.14. The Balaban J connectivity index is 0.000000201. The second-order valence-corrected chi connectivity index (χ2v) is 21.1. The minimum atomic E-state index is -4.43. The predicted molar refractivity (Wildman–Crippen MR) is 235 cm³/mol. The van der Waals surface area contributed by atoms with Crippen molar-refractivity contribution in [2.24, 2.45) is 18.9 Å². The Kier molecular flexibility index (Phi) is 14.4. The molecule has 2 aliphatic rings.